The molecule has 2 rings (SSSR count). The fraction of sp³-hybridized carbons (Fsp3) is 0.267. The van der Waals surface area contributed by atoms with Crippen LogP contribution in [0, 0.1) is 5.82 Å². The standard InChI is InChI=1S/C15H16FNO3/c1-10(12-5-3-4-6-13(12)16)17(2)9-11-7-8-14(20-11)15(18)19/h3-8,10H,9H2,1-2H3,(H,18,19). The largest absolute Gasteiger partial charge is 0.475 e. The van der Waals surface area contributed by atoms with E-state index in [0.717, 1.165) is 0 Å². The van der Waals surface area contributed by atoms with Gasteiger partial charge in [0.05, 0.1) is 6.54 Å². The van der Waals surface area contributed by atoms with Crippen molar-refractivity contribution in [2.24, 2.45) is 0 Å². The monoisotopic (exact) mass is 277 g/mol. The van der Waals surface area contributed by atoms with Gasteiger partial charge in [0, 0.05) is 11.6 Å². The number of benzene rings is 1. The summed E-state index contributed by atoms with van der Waals surface area (Å²) < 4.78 is 18.9. The number of carboxylic acid groups (broad SMARTS) is 1. The molecular weight excluding hydrogens is 261 g/mol. The SMILES string of the molecule is CC(c1ccccc1F)N(C)Cc1ccc(C(=O)O)o1. The summed E-state index contributed by atoms with van der Waals surface area (Å²) in [5, 5.41) is 8.80. The van der Waals surface area contributed by atoms with Gasteiger partial charge in [-0.1, -0.05) is 18.2 Å². The molecule has 1 unspecified atom stereocenters. The Labute approximate surface area is 116 Å². The van der Waals surface area contributed by atoms with Gasteiger partial charge in [0.2, 0.25) is 5.76 Å². The van der Waals surface area contributed by atoms with Crippen LogP contribution < -0.4 is 0 Å². The molecule has 0 aliphatic carbocycles. The third-order valence-corrected chi connectivity index (χ3v) is 3.29. The van der Waals surface area contributed by atoms with E-state index in [4.69, 9.17) is 9.52 Å². The molecule has 1 heterocycles. The van der Waals surface area contributed by atoms with E-state index in [1.54, 1.807) is 24.3 Å². The summed E-state index contributed by atoms with van der Waals surface area (Å²) in [6, 6.07) is 9.49. The van der Waals surface area contributed by atoms with E-state index in [9.17, 15) is 9.18 Å². The lowest BCUT2D eigenvalue weighted by molar-refractivity contribution is 0.0658. The number of furan rings is 1. The third-order valence-electron chi connectivity index (χ3n) is 3.29. The third kappa shape index (κ3) is 3.05. The van der Waals surface area contributed by atoms with Crippen molar-refractivity contribution in [3.63, 3.8) is 0 Å². The average Bonchev–Trinajstić information content (AvgIpc) is 2.87. The molecule has 4 nitrogen and oxygen atoms in total. The maximum Gasteiger partial charge on any atom is 0.371 e. The fourth-order valence-electron chi connectivity index (χ4n) is 2.01. The van der Waals surface area contributed by atoms with Gasteiger partial charge in [-0.25, -0.2) is 9.18 Å². The van der Waals surface area contributed by atoms with E-state index in [1.165, 1.54) is 12.1 Å². The zero-order valence-corrected chi connectivity index (χ0v) is 11.3. The van der Waals surface area contributed by atoms with E-state index < -0.39 is 5.97 Å². The molecule has 1 N–H and O–H groups in total. The molecule has 106 valence electrons. The first kappa shape index (κ1) is 14.3. The maximum atomic E-state index is 13.7. The Balaban J connectivity index is 2.09. The maximum absolute atomic E-state index is 13.7. The van der Waals surface area contributed by atoms with Gasteiger partial charge < -0.3 is 9.52 Å². The number of rotatable bonds is 5. The fourth-order valence-corrected chi connectivity index (χ4v) is 2.01. The number of hydrogen-bond acceptors (Lipinski definition) is 3. The molecular formula is C15H16FNO3. The smallest absolute Gasteiger partial charge is 0.371 e. The Kier molecular flexibility index (Phi) is 4.20. The number of carbonyl (C=O) groups is 1. The number of hydrogen-bond donors (Lipinski definition) is 1. The highest BCUT2D eigenvalue weighted by Crippen LogP contribution is 2.23. The van der Waals surface area contributed by atoms with Gasteiger partial charge in [-0.3, -0.25) is 4.90 Å². The van der Waals surface area contributed by atoms with Crippen LogP contribution in [0.4, 0.5) is 4.39 Å². The summed E-state index contributed by atoms with van der Waals surface area (Å²) in [7, 11) is 1.83. The molecule has 1 aromatic carbocycles. The van der Waals surface area contributed by atoms with Crippen molar-refractivity contribution in [3.8, 4) is 0 Å². The zero-order chi connectivity index (χ0) is 14.7. The second kappa shape index (κ2) is 5.88. The van der Waals surface area contributed by atoms with E-state index in [0.29, 0.717) is 17.9 Å². The Morgan fingerprint density at radius 2 is 2.05 bits per heavy atom. The molecule has 0 aliphatic rings. The van der Waals surface area contributed by atoms with Crippen molar-refractivity contribution in [2.75, 3.05) is 7.05 Å². The summed E-state index contributed by atoms with van der Waals surface area (Å²) in [6.07, 6.45) is 0. The van der Waals surface area contributed by atoms with Gasteiger partial charge in [-0.05, 0) is 32.2 Å². The van der Waals surface area contributed by atoms with Crippen LogP contribution in [0.25, 0.3) is 0 Å². The minimum Gasteiger partial charge on any atom is -0.475 e. The van der Waals surface area contributed by atoms with Crippen molar-refractivity contribution in [2.45, 2.75) is 19.5 Å². The number of halogens is 1. The molecule has 0 fully saturated rings. The predicted molar refractivity (Wildman–Crippen MR) is 71.9 cm³/mol. The molecule has 0 radical (unpaired) electrons. The lowest BCUT2D eigenvalue weighted by Crippen LogP contribution is -2.22. The van der Waals surface area contributed by atoms with E-state index in [1.807, 2.05) is 18.9 Å². The number of nitrogens with zero attached hydrogens (tertiary/aromatic N) is 1. The van der Waals surface area contributed by atoms with Crippen molar-refractivity contribution in [1.82, 2.24) is 4.90 Å². The van der Waals surface area contributed by atoms with Crippen LogP contribution in [0.5, 0.6) is 0 Å². The summed E-state index contributed by atoms with van der Waals surface area (Å²) in [5.41, 5.74) is 0.597. The molecule has 0 bridgehead atoms. The van der Waals surface area contributed by atoms with Gasteiger partial charge in [0.1, 0.15) is 11.6 Å². The molecule has 1 atom stereocenters. The average molecular weight is 277 g/mol. The van der Waals surface area contributed by atoms with E-state index >= 15 is 0 Å². The molecule has 0 aliphatic heterocycles. The van der Waals surface area contributed by atoms with Crippen LogP contribution in [0.15, 0.2) is 40.8 Å². The van der Waals surface area contributed by atoms with Gasteiger partial charge >= 0.3 is 5.97 Å². The highest BCUT2D eigenvalue weighted by molar-refractivity contribution is 5.84. The Hall–Kier alpha value is -2.14. The molecule has 1 aromatic heterocycles. The van der Waals surface area contributed by atoms with Crippen LogP contribution in [0.3, 0.4) is 0 Å². The lowest BCUT2D eigenvalue weighted by atomic mass is 10.1. The molecule has 0 spiro atoms. The minimum absolute atomic E-state index is 0.0908. The van der Waals surface area contributed by atoms with Crippen LogP contribution in [-0.2, 0) is 6.54 Å². The topological polar surface area (TPSA) is 53.7 Å². The number of aromatic carboxylic acids is 1. The zero-order valence-electron chi connectivity index (χ0n) is 11.3. The summed E-state index contributed by atoms with van der Waals surface area (Å²) >= 11 is 0. The first-order chi connectivity index (χ1) is 9.49. The molecule has 0 saturated heterocycles. The van der Waals surface area contributed by atoms with Crippen molar-refractivity contribution in [1.29, 1.82) is 0 Å². The van der Waals surface area contributed by atoms with Gasteiger partial charge in [-0.15, -0.1) is 0 Å². The summed E-state index contributed by atoms with van der Waals surface area (Å²) in [4.78, 5) is 12.6. The van der Waals surface area contributed by atoms with Gasteiger partial charge in [0.25, 0.3) is 0 Å². The van der Waals surface area contributed by atoms with Crippen LogP contribution in [0.1, 0.15) is 34.8 Å². The first-order valence-corrected chi connectivity index (χ1v) is 6.25. The highest BCUT2D eigenvalue weighted by atomic mass is 19.1. The molecule has 20 heavy (non-hydrogen) atoms. The molecule has 2 aromatic rings. The lowest BCUT2D eigenvalue weighted by Gasteiger charge is -2.24. The van der Waals surface area contributed by atoms with E-state index in [-0.39, 0.29) is 17.6 Å². The second-order valence-electron chi connectivity index (χ2n) is 4.68. The quantitative estimate of drug-likeness (QED) is 0.911. The van der Waals surface area contributed by atoms with Gasteiger partial charge in [-0.2, -0.15) is 0 Å². The Morgan fingerprint density at radius 1 is 1.35 bits per heavy atom. The normalized spacial score (nSPS) is 12.6. The molecule has 0 saturated carbocycles. The number of carboxylic acids is 1. The second-order valence-corrected chi connectivity index (χ2v) is 4.68. The Bertz CT molecular complexity index is 609. The van der Waals surface area contributed by atoms with Gasteiger partial charge in [0.15, 0.2) is 0 Å². The van der Waals surface area contributed by atoms with E-state index in [2.05, 4.69) is 0 Å². The highest BCUT2D eigenvalue weighted by Gasteiger charge is 2.17. The predicted octanol–water partition coefficient (Wildman–Crippen LogP) is 3.31. The van der Waals surface area contributed by atoms with Crippen molar-refractivity contribution < 1.29 is 18.7 Å². The summed E-state index contributed by atoms with van der Waals surface area (Å²) in [6.45, 7) is 2.29. The van der Waals surface area contributed by atoms with Crippen molar-refractivity contribution >= 4 is 5.97 Å². The van der Waals surface area contributed by atoms with Crippen LogP contribution in [-0.4, -0.2) is 23.0 Å². The van der Waals surface area contributed by atoms with Crippen molar-refractivity contribution in [3.05, 3.63) is 59.3 Å². The first-order valence-electron chi connectivity index (χ1n) is 6.25. The van der Waals surface area contributed by atoms with Crippen LogP contribution in [0.2, 0.25) is 0 Å². The molecule has 0 amide bonds. The minimum atomic E-state index is -1.10. The molecule has 5 heteroatoms. The summed E-state index contributed by atoms with van der Waals surface area (Å²) in [5.74, 6) is -0.904. The van der Waals surface area contributed by atoms with Crippen LogP contribution >= 0.6 is 0 Å². The Morgan fingerprint density at radius 3 is 2.65 bits per heavy atom.